The molecular weight excluding hydrogens is 368 g/mol. The number of aliphatic hydroxyl groups excluding tert-OH is 1. The van der Waals surface area contributed by atoms with Crippen LogP contribution in [0, 0.1) is 0 Å². The summed E-state index contributed by atoms with van der Waals surface area (Å²) in [6, 6.07) is 2.88. The van der Waals surface area contributed by atoms with Gasteiger partial charge < -0.3 is 24.4 Å². The van der Waals surface area contributed by atoms with Gasteiger partial charge in [0.2, 0.25) is 11.6 Å². The maximum atomic E-state index is 12.6. The van der Waals surface area contributed by atoms with E-state index in [0.717, 1.165) is 0 Å². The summed E-state index contributed by atoms with van der Waals surface area (Å²) in [6.07, 6.45) is -0.411. The van der Waals surface area contributed by atoms with Crippen molar-refractivity contribution in [2.75, 3.05) is 13.9 Å². The Morgan fingerprint density at radius 1 is 1.14 bits per heavy atom. The third-order valence-electron chi connectivity index (χ3n) is 4.54. The summed E-state index contributed by atoms with van der Waals surface area (Å²) in [6.45, 7) is 1.65. The average Bonchev–Trinajstić information content (AvgIpc) is 2.64. The van der Waals surface area contributed by atoms with Crippen LogP contribution in [0.2, 0.25) is 0 Å². The van der Waals surface area contributed by atoms with Crippen molar-refractivity contribution in [1.29, 1.82) is 0 Å². The van der Waals surface area contributed by atoms with Gasteiger partial charge in [0.15, 0.2) is 6.79 Å². The molecule has 0 fully saturated rings. The molecule has 0 aliphatic carbocycles. The Balaban J connectivity index is 2.32. The number of carbonyl (C=O) groups is 3. The lowest BCUT2D eigenvalue weighted by atomic mass is 9.96. The number of phenolic OH excluding ortho intramolecular Hbond substituents is 1. The second kappa shape index (κ2) is 10.2. The number of hydrogen-bond donors (Lipinski definition) is 2. The van der Waals surface area contributed by atoms with Crippen molar-refractivity contribution in [1.82, 2.24) is 0 Å². The molecule has 0 aromatic heterocycles. The van der Waals surface area contributed by atoms with Crippen molar-refractivity contribution in [3.63, 3.8) is 0 Å². The number of aromatic hydroxyl groups is 1. The average molecular weight is 394 g/mol. The first-order chi connectivity index (χ1) is 13.3. The second-order valence-electron chi connectivity index (χ2n) is 6.83. The van der Waals surface area contributed by atoms with Crippen LogP contribution in [0.5, 0.6) is 11.5 Å². The maximum Gasteiger partial charge on any atom is 0.342 e. The number of fused-ring (bicyclic) bond motifs is 1. The summed E-state index contributed by atoms with van der Waals surface area (Å²) in [4.78, 5) is 36.6. The minimum Gasteiger partial charge on any atom is -0.507 e. The highest BCUT2D eigenvalue weighted by Crippen LogP contribution is 2.30. The first-order valence-electron chi connectivity index (χ1n) is 9.27. The van der Waals surface area contributed by atoms with Gasteiger partial charge in [0.05, 0.1) is 6.10 Å². The summed E-state index contributed by atoms with van der Waals surface area (Å²) >= 11 is 0. The number of ether oxygens (including phenoxy) is 3. The van der Waals surface area contributed by atoms with Gasteiger partial charge in [0.25, 0.3) is 0 Å². The predicted molar refractivity (Wildman–Crippen MR) is 98.3 cm³/mol. The molecule has 0 saturated heterocycles. The maximum absolute atomic E-state index is 12.6. The number of methoxy groups -OCH3 is 1. The Kier molecular flexibility index (Phi) is 7.95. The number of carbonyl (C=O) groups excluding carboxylic acids is 3. The number of Topliss-reactive ketones (excluding diaryl/α,β-unsaturated/α-hetero) is 2. The molecule has 0 saturated carbocycles. The number of aryl methyl sites for hydroxylation is 1. The van der Waals surface area contributed by atoms with Gasteiger partial charge in [-0.3, -0.25) is 9.59 Å². The molecule has 0 radical (unpaired) electrons. The molecule has 1 unspecified atom stereocenters. The van der Waals surface area contributed by atoms with Crippen LogP contribution in [0.15, 0.2) is 12.1 Å². The Bertz CT molecular complexity index is 727. The van der Waals surface area contributed by atoms with E-state index in [9.17, 15) is 24.6 Å². The summed E-state index contributed by atoms with van der Waals surface area (Å²) in [7, 11) is 1.45. The lowest BCUT2D eigenvalue weighted by Crippen LogP contribution is -2.29. The highest BCUT2D eigenvalue weighted by atomic mass is 16.7. The predicted octanol–water partition coefficient (Wildman–Crippen LogP) is 1.93. The van der Waals surface area contributed by atoms with Crippen molar-refractivity contribution in [2.45, 2.75) is 57.7 Å². The fraction of sp³-hybridized carbons (Fsp3) is 0.550. The molecule has 1 aromatic carbocycles. The third kappa shape index (κ3) is 5.77. The number of benzene rings is 1. The van der Waals surface area contributed by atoms with Crippen molar-refractivity contribution in [3.05, 3.63) is 23.3 Å². The second-order valence-corrected chi connectivity index (χ2v) is 6.83. The number of rotatable bonds is 3. The number of cyclic esters (lactones) is 1. The molecule has 0 bridgehead atoms. The van der Waals surface area contributed by atoms with Crippen LogP contribution < -0.4 is 4.74 Å². The molecule has 8 heteroatoms. The number of aliphatic hydroxyl groups is 1. The quantitative estimate of drug-likeness (QED) is 0.453. The SMILES string of the molecule is COCOc1cc(O)c2c(c1)CCCC(=O)C(=O)C(O)CCC[C@H](C)OC2=O. The fourth-order valence-electron chi connectivity index (χ4n) is 3.08. The van der Waals surface area contributed by atoms with Gasteiger partial charge >= 0.3 is 5.97 Å². The fourth-order valence-corrected chi connectivity index (χ4v) is 3.08. The monoisotopic (exact) mass is 394 g/mol. The van der Waals surface area contributed by atoms with Crippen LogP contribution in [0.4, 0.5) is 0 Å². The van der Waals surface area contributed by atoms with Crippen LogP contribution in [0.3, 0.4) is 0 Å². The van der Waals surface area contributed by atoms with Gasteiger partial charge in [-0.05, 0) is 50.7 Å². The molecule has 8 nitrogen and oxygen atoms in total. The van der Waals surface area contributed by atoms with Crippen molar-refractivity contribution in [3.8, 4) is 11.5 Å². The normalized spacial score (nSPS) is 22.2. The molecule has 1 heterocycles. The molecule has 0 amide bonds. The molecule has 1 aromatic rings. The lowest BCUT2D eigenvalue weighted by Gasteiger charge is -2.18. The van der Waals surface area contributed by atoms with Crippen molar-refractivity contribution < 1.29 is 38.8 Å². The van der Waals surface area contributed by atoms with Gasteiger partial charge in [-0.25, -0.2) is 4.79 Å². The topological polar surface area (TPSA) is 119 Å². The Morgan fingerprint density at radius 2 is 1.89 bits per heavy atom. The smallest absolute Gasteiger partial charge is 0.342 e. The van der Waals surface area contributed by atoms with E-state index in [2.05, 4.69) is 0 Å². The number of ketones is 2. The standard InChI is InChI=1S/C20H26O8/c1-12-5-3-7-15(21)19(24)16(22)8-4-6-13-9-14(27-11-26-2)10-17(23)18(13)20(25)28-12/h9-10,12,15,21,23H,3-8,11H2,1-2H3/t12-,15?/m0/s1. The zero-order chi connectivity index (χ0) is 20.7. The van der Waals surface area contributed by atoms with E-state index in [1.807, 2.05) is 0 Å². The lowest BCUT2D eigenvalue weighted by molar-refractivity contribution is -0.141. The van der Waals surface area contributed by atoms with Crippen molar-refractivity contribution >= 4 is 17.5 Å². The largest absolute Gasteiger partial charge is 0.507 e. The zero-order valence-corrected chi connectivity index (χ0v) is 16.1. The van der Waals surface area contributed by atoms with E-state index in [1.54, 1.807) is 13.0 Å². The van der Waals surface area contributed by atoms with E-state index in [-0.39, 0.29) is 43.8 Å². The number of phenols is 1. The Labute approximate surface area is 163 Å². The molecule has 2 rings (SSSR count). The molecule has 2 N–H and O–H groups in total. The van der Waals surface area contributed by atoms with Gasteiger partial charge in [-0.15, -0.1) is 0 Å². The van der Waals surface area contributed by atoms with Crippen LogP contribution in [-0.4, -0.2) is 53.9 Å². The van der Waals surface area contributed by atoms with Crippen LogP contribution in [-0.2, 0) is 25.5 Å². The molecular formula is C20H26O8. The molecule has 2 atom stereocenters. The van der Waals surface area contributed by atoms with E-state index >= 15 is 0 Å². The molecule has 1 aliphatic heterocycles. The van der Waals surface area contributed by atoms with E-state index < -0.39 is 29.7 Å². The summed E-state index contributed by atoms with van der Waals surface area (Å²) in [5.74, 6) is -2.08. The van der Waals surface area contributed by atoms with Crippen molar-refractivity contribution in [2.24, 2.45) is 0 Å². The Hall–Kier alpha value is -2.45. The number of esters is 1. The van der Waals surface area contributed by atoms with Crippen LogP contribution in [0.25, 0.3) is 0 Å². The minimum absolute atomic E-state index is 0.0208. The highest BCUT2D eigenvalue weighted by Gasteiger charge is 2.26. The van der Waals surface area contributed by atoms with E-state index in [4.69, 9.17) is 14.2 Å². The first kappa shape index (κ1) is 21.8. The highest BCUT2D eigenvalue weighted by molar-refractivity contribution is 6.38. The van der Waals surface area contributed by atoms with Gasteiger partial charge in [-0.1, -0.05) is 0 Å². The Morgan fingerprint density at radius 3 is 2.61 bits per heavy atom. The molecule has 28 heavy (non-hydrogen) atoms. The van der Waals surface area contributed by atoms with Crippen LogP contribution in [0.1, 0.15) is 54.9 Å². The third-order valence-corrected chi connectivity index (χ3v) is 4.54. The van der Waals surface area contributed by atoms with Gasteiger partial charge in [0, 0.05) is 19.6 Å². The molecule has 154 valence electrons. The summed E-state index contributed by atoms with van der Waals surface area (Å²) < 4.78 is 15.6. The summed E-state index contributed by atoms with van der Waals surface area (Å²) in [5.41, 5.74) is 0.466. The number of hydrogen-bond acceptors (Lipinski definition) is 8. The van der Waals surface area contributed by atoms with E-state index in [1.165, 1.54) is 13.2 Å². The van der Waals surface area contributed by atoms with Gasteiger partial charge in [0.1, 0.15) is 23.2 Å². The molecule has 0 spiro atoms. The minimum atomic E-state index is -1.33. The van der Waals surface area contributed by atoms with Gasteiger partial charge in [-0.2, -0.15) is 0 Å². The van der Waals surface area contributed by atoms with E-state index in [0.29, 0.717) is 24.2 Å². The molecule has 1 aliphatic rings. The first-order valence-corrected chi connectivity index (χ1v) is 9.27. The van der Waals surface area contributed by atoms with Crippen LogP contribution >= 0.6 is 0 Å². The summed E-state index contributed by atoms with van der Waals surface area (Å²) in [5, 5.41) is 20.2. The zero-order valence-electron chi connectivity index (χ0n) is 16.1.